The number of hydrazone groups is 1. The molecule has 0 spiro atoms. The second-order valence-corrected chi connectivity index (χ2v) is 6.85. The third kappa shape index (κ3) is 3.75. The fourth-order valence-electron chi connectivity index (χ4n) is 2.16. The SMILES string of the molecule is O=C(O)c1ccc(N/N=C/C2=C(Cl)c3cc(Cl)ccc3SC2)cc1. The number of hydrogen-bond donors (Lipinski definition) is 2. The summed E-state index contributed by atoms with van der Waals surface area (Å²) in [4.78, 5) is 11.9. The van der Waals surface area contributed by atoms with Crippen LogP contribution in [0.15, 0.2) is 58.0 Å². The minimum absolute atomic E-state index is 0.229. The van der Waals surface area contributed by atoms with Crippen LogP contribution >= 0.6 is 35.0 Å². The molecule has 4 nitrogen and oxygen atoms in total. The number of anilines is 1. The molecule has 0 saturated carbocycles. The Morgan fingerprint density at radius 1 is 1.21 bits per heavy atom. The Hall–Kier alpha value is -1.95. The fraction of sp³-hybridized carbons (Fsp3) is 0.0588. The van der Waals surface area contributed by atoms with Crippen molar-refractivity contribution < 1.29 is 9.90 Å². The van der Waals surface area contributed by atoms with Crippen LogP contribution in [-0.2, 0) is 0 Å². The highest BCUT2D eigenvalue weighted by atomic mass is 35.5. The Labute approximate surface area is 153 Å². The van der Waals surface area contributed by atoms with Gasteiger partial charge in [0.15, 0.2) is 0 Å². The van der Waals surface area contributed by atoms with Gasteiger partial charge in [-0.15, -0.1) is 11.8 Å². The highest BCUT2D eigenvalue weighted by molar-refractivity contribution is 7.99. The van der Waals surface area contributed by atoms with Crippen molar-refractivity contribution in [1.29, 1.82) is 0 Å². The zero-order chi connectivity index (χ0) is 17.1. The van der Waals surface area contributed by atoms with Crippen LogP contribution in [0.3, 0.4) is 0 Å². The van der Waals surface area contributed by atoms with Crippen LogP contribution in [0.25, 0.3) is 5.03 Å². The van der Waals surface area contributed by atoms with E-state index in [1.165, 1.54) is 12.1 Å². The molecule has 0 bridgehead atoms. The average molecular weight is 379 g/mol. The first-order valence-electron chi connectivity index (χ1n) is 6.98. The van der Waals surface area contributed by atoms with Gasteiger partial charge in [-0.2, -0.15) is 5.10 Å². The number of fused-ring (bicyclic) bond motifs is 1. The molecule has 0 fully saturated rings. The number of carboxylic acids is 1. The van der Waals surface area contributed by atoms with Gasteiger partial charge in [0.25, 0.3) is 0 Å². The van der Waals surface area contributed by atoms with E-state index in [4.69, 9.17) is 28.3 Å². The minimum atomic E-state index is -0.960. The van der Waals surface area contributed by atoms with E-state index in [0.717, 1.165) is 21.8 Å². The molecule has 1 aliphatic rings. The van der Waals surface area contributed by atoms with Gasteiger partial charge in [0.2, 0.25) is 0 Å². The van der Waals surface area contributed by atoms with Crippen molar-refractivity contribution in [2.24, 2.45) is 5.10 Å². The lowest BCUT2D eigenvalue weighted by Crippen LogP contribution is -2.02. The summed E-state index contributed by atoms with van der Waals surface area (Å²) in [5.74, 6) is -0.241. The summed E-state index contributed by atoms with van der Waals surface area (Å²) < 4.78 is 0. The van der Waals surface area contributed by atoms with Crippen molar-refractivity contribution >= 4 is 57.9 Å². The Balaban J connectivity index is 1.74. The zero-order valence-electron chi connectivity index (χ0n) is 12.3. The number of halogens is 2. The van der Waals surface area contributed by atoms with Crippen LogP contribution in [0.4, 0.5) is 5.69 Å². The summed E-state index contributed by atoms with van der Waals surface area (Å²) in [5, 5.41) is 14.3. The molecule has 0 aliphatic carbocycles. The molecule has 2 aromatic rings. The lowest BCUT2D eigenvalue weighted by atomic mass is 10.1. The predicted octanol–water partition coefficient (Wildman–Crippen LogP) is 5.19. The molecule has 24 heavy (non-hydrogen) atoms. The highest BCUT2D eigenvalue weighted by Crippen LogP contribution is 2.39. The van der Waals surface area contributed by atoms with Gasteiger partial charge < -0.3 is 5.11 Å². The standard InChI is InChI=1S/C17H12Cl2N2O2S/c18-12-3-6-15-14(7-12)16(19)11(9-24-15)8-20-21-13-4-1-10(2-5-13)17(22)23/h1-8,21H,9H2,(H,22,23)/b20-8+. The maximum Gasteiger partial charge on any atom is 0.335 e. The first-order valence-corrected chi connectivity index (χ1v) is 8.72. The highest BCUT2D eigenvalue weighted by Gasteiger charge is 2.17. The van der Waals surface area contributed by atoms with Crippen molar-refractivity contribution in [1.82, 2.24) is 0 Å². The Bertz CT molecular complexity index is 848. The van der Waals surface area contributed by atoms with Gasteiger partial charge in [-0.25, -0.2) is 4.79 Å². The lowest BCUT2D eigenvalue weighted by Gasteiger charge is -2.17. The molecule has 0 saturated heterocycles. The van der Waals surface area contributed by atoms with Crippen molar-refractivity contribution in [2.75, 3.05) is 11.2 Å². The minimum Gasteiger partial charge on any atom is -0.478 e. The summed E-state index contributed by atoms with van der Waals surface area (Å²) in [6.45, 7) is 0. The van der Waals surface area contributed by atoms with Crippen molar-refractivity contribution in [3.63, 3.8) is 0 Å². The normalized spacial score (nSPS) is 13.9. The van der Waals surface area contributed by atoms with E-state index in [0.29, 0.717) is 15.7 Å². The predicted molar refractivity (Wildman–Crippen MR) is 100 cm³/mol. The first-order chi connectivity index (χ1) is 11.5. The van der Waals surface area contributed by atoms with E-state index < -0.39 is 5.97 Å². The average Bonchev–Trinajstić information content (AvgIpc) is 2.58. The topological polar surface area (TPSA) is 61.7 Å². The van der Waals surface area contributed by atoms with Gasteiger partial charge >= 0.3 is 5.97 Å². The molecular formula is C17H12Cl2N2O2S. The Kier molecular flexibility index (Phi) is 5.14. The Morgan fingerprint density at radius 2 is 1.96 bits per heavy atom. The van der Waals surface area contributed by atoms with E-state index in [1.54, 1.807) is 30.1 Å². The molecule has 3 rings (SSSR count). The van der Waals surface area contributed by atoms with Crippen LogP contribution in [-0.4, -0.2) is 23.0 Å². The molecule has 1 aliphatic heterocycles. The number of aromatic carboxylic acids is 1. The molecule has 0 unspecified atom stereocenters. The third-order valence-electron chi connectivity index (χ3n) is 3.39. The maximum atomic E-state index is 10.8. The Morgan fingerprint density at radius 3 is 2.67 bits per heavy atom. The fourth-order valence-corrected chi connectivity index (χ4v) is 3.75. The number of thioether (sulfide) groups is 1. The van der Waals surface area contributed by atoms with Gasteiger partial charge in [-0.1, -0.05) is 23.2 Å². The van der Waals surface area contributed by atoms with Crippen LogP contribution in [0.2, 0.25) is 5.02 Å². The molecule has 7 heteroatoms. The molecular weight excluding hydrogens is 367 g/mol. The molecule has 2 N–H and O–H groups in total. The summed E-state index contributed by atoms with van der Waals surface area (Å²) >= 11 is 14.2. The number of nitrogens with one attached hydrogen (secondary N) is 1. The molecule has 0 atom stereocenters. The summed E-state index contributed by atoms with van der Waals surface area (Å²) in [7, 11) is 0. The van der Waals surface area contributed by atoms with Gasteiger partial charge in [-0.05, 0) is 42.5 Å². The smallest absolute Gasteiger partial charge is 0.335 e. The van der Waals surface area contributed by atoms with Crippen molar-refractivity contribution in [3.05, 3.63) is 64.2 Å². The van der Waals surface area contributed by atoms with Crippen LogP contribution in [0, 0.1) is 0 Å². The maximum absolute atomic E-state index is 10.8. The zero-order valence-corrected chi connectivity index (χ0v) is 14.6. The molecule has 0 amide bonds. The van der Waals surface area contributed by atoms with Gasteiger partial charge in [0, 0.05) is 26.8 Å². The van der Waals surface area contributed by atoms with Crippen molar-refractivity contribution in [3.8, 4) is 0 Å². The lowest BCUT2D eigenvalue weighted by molar-refractivity contribution is 0.0697. The van der Waals surface area contributed by atoms with E-state index >= 15 is 0 Å². The number of rotatable bonds is 4. The summed E-state index contributed by atoms with van der Waals surface area (Å²) in [6.07, 6.45) is 1.67. The van der Waals surface area contributed by atoms with E-state index in [2.05, 4.69) is 10.5 Å². The van der Waals surface area contributed by atoms with Crippen LogP contribution < -0.4 is 5.43 Å². The number of benzene rings is 2. The molecule has 1 heterocycles. The third-order valence-corrected chi connectivity index (χ3v) is 5.19. The number of nitrogens with zero attached hydrogens (tertiary/aromatic N) is 1. The van der Waals surface area contributed by atoms with Crippen LogP contribution in [0.5, 0.6) is 0 Å². The monoisotopic (exact) mass is 378 g/mol. The molecule has 122 valence electrons. The van der Waals surface area contributed by atoms with Crippen LogP contribution in [0.1, 0.15) is 15.9 Å². The van der Waals surface area contributed by atoms with E-state index in [9.17, 15) is 4.79 Å². The quantitative estimate of drug-likeness (QED) is 0.567. The summed E-state index contributed by atoms with van der Waals surface area (Å²) in [5.41, 5.74) is 5.59. The van der Waals surface area contributed by atoms with Gasteiger partial charge in [0.05, 0.1) is 22.5 Å². The number of hydrogen-bond acceptors (Lipinski definition) is 4. The first kappa shape index (κ1) is 16.9. The summed E-state index contributed by atoms with van der Waals surface area (Å²) in [6, 6.07) is 12.0. The molecule has 0 aromatic heterocycles. The van der Waals surface area contributed by atoms with Crippen molar-refractivity contribution in [2.45, 2.75) is 4.90 Å². The number of carboxylic acid groups (broad SMARTS) is 1. The number of carbonyl (C=O) groups is 1. The molecule has 2 aromatic carbocycles. The van der Waals surface area contributed by atoms with E-state index in [1.807, 2.05) is 18.2 Å². The van der Waals surface area contributed by atoms with E-state index in [-0.39, 0.29) is 5.56 Å². The molecule has 0 radical (unpaired) electrons. The second kappa shape index (κ2) is 7.30. The van der Waals surface area contributed by atoms with Gasteiger partial charge in [0.1, 0.15) is 0 Å². The van der Waals surface area contributed by atoms with Gasteiger partial charge in [-0.3, -0.25) is 5.43 Å². The second-order valence-electron chi connectivity index (χ2n) is 5.02. The largest absolute Gasteiger partial charge is 0.478 e.